The van der Waals surface area contributed by atoms with Gasteiger partial charge in [-0.2, -0.15) is 10.1 Å². The molecule has 1 atom stereocenters. The number of nitrogens with one attached hydrogen (secondary N) is 1. The zero-order valence-electron chi connectivity index (χ0n) is 18.1. The molecule has 2 heterocycles. The maximum Gasteiger partial charge on any atom is 0.304 e. The highest BCUT2D eigenvalue weighted by Crippen LogP contribution is 2.32. The van der Waals surface area contributed by atoms with Crippen molar-refractivity contribution in [3.63, 3.8) is 0 Å². The van der Waals surface area contributed by atoms with Crippen molar-refractivity contribution < 1.29 is 14.4 Å². The van der Waals surface area contributed by atoms with Crippen LogP contribution in [0.5, 0.6) is 0 Å². The molecule has 0 spiro atoms. The Labute approximate surface area is 187 Å². The molecule has 2 N–H and O–H groups in total. The predicted octanol–water partition coefficient (Wildman–Crippen LogP) is 3.86. The summed E-state index contributed by atoms with van der Waals surface area (Å²) in [4.78, 5) is 15.2. The minimum atomic E-state index is -0.805. The molecule has 0 amide bonds. The number of hydrogen-bond acceptors (Lipinski definition) is 7. The van der Waals surface area contributed by atoms with Gasteiger partial charge in [-0.15, -0.1) is 0 Å². The molecular weight excluding hydrogens is 406 g/mol. The van der Waals surface area contributed by atoms with Gasteiger partial charge in [0, 0.05) is 31.6 Å². The van der Waals surface area contributed by atoms with E-state index in [9.17, 15) is 4.79 Å². The average Bonchev–Trinajstić information content (AvgIpc) is 3.46. The van der Waals surface area contributed by atoms with Crippen molar-refractivity contribution in [3.8, 4) is 11.4 Å². The van der Waals surface area contributed by atoms with Gasteiger partial charge in [0.2, 0.25) is 5.82 Å². The minimum Gasteiger partial charge on any atom is -0.481 e. The number of rotatable bonds is 10. The lowest BCUT2D eigenvalue weighted by Crippen LogP contribution is -2.20. The van der Waals surface area contributed by atoms with Crippen LogP contribution in [-0.2, 0) is 11.3 Å². The Balaban J connectivity index is 1.43. The summed E-state index contributed by atoms with van der Waals surface area (Å²) >= 11 is 0. The lowest BCUT2D eigenvalue weighted by atomic mass is 10.0. The highest BCUT2D eigenvalue weighted by Gasteiger charge is 2.31. The number of nitrogens with zero attached hydrogens (tertiary/aromatic N) is 4. The van der Waals surface area contributed by atoms with Crippen LogP contribution in [0.3, 0.4) is 0 Å². The van der Waals surface area contributed by atoms with Gasteiger partial charge >= 0.3 is 5.97 Å². The first-order chi connectivity index (χ1) is 15.6. The zero-order valence-corrected chi connectivity index (χ0v) is 18.1. The van der Waals surface area contributed by atoms with E-state index in [1.807, 2.05) is 42.5 Å². The van der Waals surface area contributed by atoms with Crippen LogP contribution in [0, 0.1) is 0 Å². The van der Waals surface area contributed by atoms with Crippen LogP contribution in [-0.4, -0.2) is 45.0 Å². The van der Waals surface area contributed by atoms with Gasteiger partial charge in [0.05, 0.1) is 12.5 Å². The van der Waals surface area contributed by atoms with Gasteiger partial charge in [-0.25, -0.2) is 0 Å². The molecule has 2 aromatic carbocycles. The molecule has 0 saturated heterocycles. The Hall–Kier alpha value is -3.52. The van der Waals surface area contributed by atoms with Gasteiger partial charge in [0.15, 0.2) is 0 Å². The second-order valence-electron chi connectivity index (χ2n) is 7.78. The highest BCUT2D eigenvalue weighted by atomic mass is 16.5. The van der Waals surface area contributed by atoms with Crippen molar-refractivity contribution >= 4 is 11.7 Å². The molecule has 3 aromatic rings. The summed E-state index contributed by atoms with van der Waals surface area (Å²) in [6.45, 7) is 4.06. The van der Waals surface area contributed by atoms with Crippen LogP contribution in [0.1, 0.15) is 49.2 Å². The topological polar surface area (TPSA) is 104 Å². The fourth-order valence-electron chi connectivity index (χ4n) is 3.74. The molecule has 1 aromatic heterocycles. The van der Waals surface area contributed by atoms with Gasteiger partial charge in [0.25, 0.3) is 5.89 Å². The van der Waals surface area contributed by atoms with E-state index in [1.165, 1.54) is 5.56 Å². The standard InChI is InChI=1S/C24H27N5O3/c1-2-14-29-21(18-6-4-3-5-7-18)15-20(27-29)24-26-23(28-32-24)19-10-8-17(9-11-19)16-25-13-12-22(30)31/h3-11,21,25H,2,12-16H2,1H3,(H,30,31). The van der Waals surface area contributed by atoms with Crippen molar-refractivity contribution in [1.29, 1.82) is 0 Å². The summed E-state index contributed by atoms with van der Waals surface area (Å²) in [7, 11) is 0. The van der Waals surface area contributed by atoms with Crippen molar-refractivity contribution in [2.24, 2.45) is 5.10 Å². The predicted molar refractivity (Wildman–Crippen MR) is 121 cm³/mol. The first-order valence-electron chi connectivity index (χ1n) is 10.9. The molecule has 166 valence electrons. The maximum atomic E-state index is 10.6. The third kappa shape index (κ3) is 5.20. The van der Waals surface area contributed by atoms with E-state index < -0.39 is 5.97 Å². The summed E-state index contributed by atoms with van der Waals surface area (Å²) in [6, 6.07) is 18.4. The Morgan fingerprint density at radius 3 is 2.69 bits per heavy atom. The lowest BCUT2D eigenvalue weighted by molar-refractivity contribution is -0.136. The normalized spacial score (nSPS) is 15.7. The smallest absolute Gasteiger partial charge is 0.304 e. The number of benzene rings is 2. The average molecular weight is 434 g/mol. The van der Waals surface area contributed by atoms with Gasteiger partial charge in [-0.1, -0.05) is 66.7 Å². The van der Waals surface area contributed by atoms with Crippen LogP contribution in [0.2, 0.25) is 0 Å². The SMILES string of the molecule is CCCN1N=C(c2nc(-c3ccc(CNCCC(=O)O)cc3)no2)CC1c1ccccc1. The van der Waals surface area contributed by atoms with Crippen LogP contribution in [0.4, 0.5) is 0 Å². The van der Waals surface area contributed by atoms with Gasteiger partial charge in [-0.3, -0.25) is 9.80 Å². The number of carbonyl (C=O) groups is 1. The second-order valence-corrected chi connectivity index (χ2v) is 7.78. The summed E-state index contributed by atoms with van der Waals surface area (Å²) in [6.07, 6.45) is 1.84. The Morgan fingerprint density at radius 2 is 1.97 bits per heavy atom. The number of carboxylic acids is 1. The van der Waals surface area contributed by atoms with E-state index in [0.717, 1.165) is 36.2 Å². The van der Waals surface area contributed by atoms with Gasteiger partial charge in [0.1, 0.15) is 5.71 Å². The molecule has 1 unspecified atom stereocenters. The lowest BCUT2D eigenvalue weighted by Gasteiger charge is -2.23. The van der Waals surface area contributed by atoms with E-state index in [2.05, 4.69) is 39.5 Å². The third-order valence-electron chi connectivity index (χ3n) is 5.36. The quantitative estimate of drug-likeness (QED) is 0.468. The number of hydrazone groups is 1. The van der Waals surface area contributed by atoms with Crippen LogP contribution >= 0.6 is 0 Å². The van der Waals surface area contributed by atoms with Crippen LogP contribution in [0.25, 0.3) is 11.4 Å². The first-order valence-corrected chi connectivity index (χ1v) is 10.9. The fourth-order valence-corrected chi connectivity index (χ4v) is 3.74. The number of carboxylic acid groups (broad SMARTS) is 1. The van der Waals surface area contributed by atoms with E-state index >= 15 is 0 Å². The molecule has 0 fully saturated rings. The molecule has 1 aliphatic heterocycles. The van der Waals surface area contributed by atoms with Crippen molar-refractivity contribution in [3.05, 3.63) is 71.6 Å². The Morgan fingerprint density at radius 1 is 1.19 bits per heavy atom. The molecular formula is C24H27N5O3. The molecule has 1 aliphatic rings. The van der Waals surface area contributed by atoms with Gasteiger partial charge < -0.3 is 14.9 Å². The number of hydrogen-bond donors (Lipinski definition) is 2. The van der Waals surface area contributed by atoms with E-state index in [0.29, 0.717) is 24.8 Å². The Bertz CT molecular complexity index is 1060. The molecule has 0 aliphatic carbocycles. The van der Waals surface area contributed by atoms with E-state index in [4.69, 9.17) is 14.7 Å². The molecule has 8 nitrogen and oxygen atoms in total. The van der Waals surface area contributed by atoms with Crippen molar-refractivity contribution in [2.45, 2.75) is 38.8 Å². The van der Waals surface area contributed by atoms with Gasteiger partial charge in [-0.05, 0) is 17.5 Å². The fraction of sp³-hybridized carbons (Fsp3) is 0.333. The van der Waals surface area contributed by atoms with Crippen LogP contribution in [0.15, 0.2) is 64.2 Å². The van der Waals surface area contributed by atoms with Crippen LogP contribution < -0.4 is 5.32 Å². The van der Waals surface area contributed by atoms with E-state index in [1.54, 1.807) is 0 Å². The monoisotopic (exact) mass is 433 g/mol. The summed E-state index contributed by atoms with van der Waals surface area (Å²) in [5.74, 6) is 0.178. The largest absolute Gasteiger partial charge is 0.481 e. The molecule has 32 heavy (non-hydrogen) atoms. The molecule has 0 bridgehead atoms. The Kier molecular flexibility index (Phi) is 6.91. The number of aliphatic carboxylic acids is 1. The summed E-state index contributed by atoms with van der Waals surface area (Å²) in [5.41, 5.74) is 3.96. The highest BCUT2D eigenvalue weighted by molar-refractivity contribution is 5.98. The molecule has 8 heteroatoms. The zero-order chi connectivity index (χ0) is 22.3. The van der Waals surface area contributed by atoms with Crippen molar-refractivity contribution in [1.82, 2.24) is 20.5 Å². The second kappa shape index (κ2) is 10.2. The summed E-state index contributed by atoms with van der Waals surface area (Å²) < 4.78 is 5.56. The third-order valence-corrected chi connectivity index (χ3v) is 5.36. The molecule has 4 rings (SSSR count). The van der Waals surface area contributed by atoms with E-state index in [-0.39, 0.29) is 12.5 Å². The summed E-state index contributed by atoms with van der Waals surface area (Å²) in [5, 5.41) is 22.9. The maximum absolute atomic E-state index is 10.6. The number of aromatic nitrogens is 2. The van der Waals surface area contributed by atoms with Crippen molar-refractivity contribution in [2.75, 3.05) is 13.1 Å². The minimum absolute atomic E-state index is 0.106. The first kappa shape index (κ1) is 21.7. The molecule has 0 radical (unpaired) electrons. The molecule has 0 saturated carbocycles.